The van der Waals surface area contributed by atoms with Gasteiger partial charge in [-0.1, -0.05) is 33.6 Å². The van der Waals surface area contributed by atoms with E-state index in [0.717, 1.165) is 10.0 Å². The average molecular weight is 673 g/mol. The number of benzene rings is 3. The summed E-state index contributed by atoms with van der Waals surface area (Å²) in [4.78, 5) is 12.6. The maximum absolute atomic E-state index is 12.8. The largest absolute Gasteiger partial charge is 0.496 e. The highest BCUT2D eigenvalue weighted by Gasteiger charge is 2.22. The Hall–Kier alpha value is -2.64. The number of halogens is 2. The molecule has 0 unspecified atom stereocenters. The van der Waals surface area contributed by atoms with Gasteiger partial charge in [0.2, 0.25) is 0 Å². The van der Waals surface area contributed by atoms with Gasteiger partial charge in [0.25, 0.3) is 5.91 Å². The summed E-state index contributed by atoms with van der Waals surface area (Å²) in [5, 5.41) is 4.01. The van der Waals surface area contributed by atoms with Crippen LogP contribution in [0.25, 0.3) is 0 Å². The van der Waals surface area contributed by atoms with Gasteiger partial charge in [0, 0.05) is 4.47 Å². The summed E-state index contributed by atoms with van der Waals surface area (Å²) < 4.78 is 43.1. The van der Waals surface area contributed by atoms with E-state index in [1.54, 1.807) is 49.4 Å². The normalized spacial score (nSPS) is 11.3. The molecule has 0 aliphatic heterocycles. The van der Waals surface area contributed by atoms with Crippen molar-refractivity contribution in [3.8, 4) is 17.2 Å². The second-order valence-corrected chi connectivity index (χ2v) is 10.8. The maximum atomic E-state index is 12.8. The van der Waals surface area contributed by atoms with E-state index in [-0.39, 0.29) is 23.0 Å². The minimum atomic E-state index is -4.07. The van der Waals surface area contributed by atoms with E-state index in [1.807, 2.05) is 29.5 Å². The number of hydrogen-bond donors (Lipinski definition) is 1. The first-order chi connectivity index (χ1) is 16.6. The molecule has 0 aromatic heterocycles. The van der Waals surface area contributed by atoms with E-state index in [0.29, 0.717) is 20.4 Å². The zero-order valence-electron chi connectivity index (χ0n) is 19.0. The zero-order valence-corrected chi connectivity index (χ0v) is 23.6. The standard InChI is InChI=1S/C24H22BrIN2O6S/c1-4-33-22-12-16(14-27-28-24(29)19-13-17(25)7-10-21(19)32-3)11-20(26)23(22)34-35(30,31)18-8-5-15(2)6-9-18/h5-14H,4H2,1-3H3,(H,28,29)/b27-14-. The minimum absolute atomic E-state index is 0.0395. The molecule has 0 radical (unpaired) electrons. The van der Waals surface area contributed by atoms with Crippen molar-refractivity contribution >= 4 is 60.8 Å². The van der Waals surface area contributed by atoms with Crippen molar-refractivity contribution in [2.24, 2.45) is 5.10 Å². The average Bonchev–Trinajstić information content (AvgIpc) is 2.81. The van der Waals surface area contributed by atoms with Crippen molar-refractivity contribution in [2.75, 3.05) is 13.7 Å². The van der Waals surface area contributed by atoms with Crippen LogP contribution in [0.1, 0.15) is 28.4 Å². The summed E-state index contributed by atoms with van der Waals surface area (Å²) in [5.74, 6) is 0.262. The Morgan fingerprint density at radius 1 is 1.11 bits per heavy atom. The van der Waals surface area contributed by atoms with E-state index in [2.05, 4.69) is 26.5 Å². The second-order valence-electron chi connectivity index (χ2n) is 7.16. The molecule has 11 heteroatoms. The smallest absolute Gasteiger partial charge is 0.339 e. The van der Waals surface area contributed by atoms with Crippen LogP contribution in [0, 0.1) is 10.5 Å². The number of methoxy groups -OCH3 is 1. The number of nitrogens with zero attached hydrogens (tertiary/aromatic N) is 1. The van der Waals surface area contributed by atoms with Crippen molar-refractivity contribution < 1.29 is 26.9 Å². The molecule has 0 saturated carbocycles. The van der Waals surface area contributed by atoms with E-state index in [9.17, 15) is 13.2 Å². The molecule has 0 heterocycles. The Morgan fingerprint density at radius 3 is 2.49 bits per heavy atom. The molecule has 0 bridgehead atoms. The molecular weight excluding hydrogens is 651 g/mol. The van der Waals surface area contributed by atoms with Gasteiger partial charge in [-0.2, -0.15) is 13.5 Å². The molecule has 0 fully saturated rings. The lowest BCUT2D eigenvalue weighted by molar-refractivity contribution is 0.0952. The number of rotatable bonds is 9. The molecule has 184 valence electrons. The van der Waals surface area contributed by atoms with Crippen LogP contribution in [0.5, 0.6) is 17.2 Å². The third kappa shape index (κ3) is 6.95. The summed E-state index contributed by atoms with van der Waals surface area (Å²) in [6.45, 7) is 3.93. The molecular formula is C24H22BrIN2O6S. The quantitative estimate of drug-likeness (QED) is 0.143. The van der Waals surface area contributed by atoms with E-state index < -0.39 is 16.0 Å². The maximum Gasteiger partial charge on any atom is 0.339 e. The van der Waals surface area contributed by atoms with Crippen molar-refractivity contribution in [2.45, 2.75) is 18.7 Å². The fourth-order valence-corrected chi connectivity index (χ4v) is 5.16. The lowest BCUT2D eigenvalue weighted by atomic mass is 10.2. The topological polar surface area (TPSA) is 103 Å². The molecule has 3 rings (SSSR count). The molecule has 3 aromatic rings. The highest BCUT2D eigenvalue weighted by molar-refractivity contribution is 14.1. The van der Waals surface area contributed by atoms with E-state index in [4.69, 9.17) is 13.7 Å². The SMILES string of the molecule is CCOc1cc(/C=N\NC(=O)c2cc(Br)ccc2OC)cc(I)c1OS(=O)(=O)c1ccc(C)cc1. The van der Waals surface area contributed by atoms with E-state index in [1.165, 1.54) is 25.5 Å². The van der Waals surface area contributed by atoms with Crippen LogP contribution in [-0.4, -0.2) is 34.3 Å². The van der Waals surface area contributed by atoms with Crippen LogP contribution < -0.4 is 19.1 Å². The first kappa shape index (κ1) is 27.0. The Kier molecular flexibility index (Phi) is 9.14. The van der Waals surface area contributed by atoms with Crippen LogP contribution in [0.4, 0.5) is 0 Å². The summed E-state index contributed by atoms with van der Waals surface area (Å²) >= 11 is 5.29. The predicted molar refractivity (Wildman–Crippen MR) is 145 cm³/mol. The van der Waals surface area contributed by atoms with Crippen LogP contribution in [0.15, 0.2) is 69.1 Å². The molecule has 0 aliphatic rings. The summed E-state index contributed by atoms with van der Waals surface area (Å²) in [6.07, 6.45) is 1.42. The van der Waals surface area contributed by atoms with Crippen molar-refractivity contribution in [1.82, 2.24) is 5.43 Å². The third-order valence-electron chi connectivity index (χ3n) is 4.62. The van der Waals surface area contributed by atoms with E-state index >= 15 is 0 Å². The Balaban J connectivity index is 1.83. The Morgan fingerprint density at radius 2 is 1.83 bits per heavy atom. The predicted octanol–water partition coefficient (Wildman–Crippen LogP) is 5.30. The molecule has 0 aliphatic carbocycles. The van der Waals surface area contributed by atoms with Crippen LogP contribution in [0.3, 0.4) is 0 Å². The zero-order chi connectivity index (χ0) is 25.6. The molecule has 0 spiro atoms. The summed E-state index contributed by atoms with van der Waals surface area (Å²) in [7, 11) is -2.59. The van der Waals surface area contributed by atoms with Gasteiger partial charge in [0.15, 0.2) is 11.5 Å². The van der Waals surface area contributed by atoms with Crippen LogP contribution in [-0.2, 0) is 10.1 Å². The number of nitrogens with one attached hydrogen (secondary N) is 1. The minimum Gasteiger partial charge on any atom is -0.496 e. The Labute approximate surface area is 226 Å². The van der Waals surface area contributed by atoms with Crippen LogP contribution >= 0.6 is 38.5 Å². The number of aryl methyl sites for hydroxylation is 1. The molecule has 0 saturated heterocycles. The highest BCUT2D eigenvalue weighted by atomic mass is 127. The molecule has 1 N–H and O–H groups in total. The van der Waals surface area contributed by atoms with Gasteiger partial charge in [-0.15, -0.1) is 0 Å². The second kappa shape index (κ2) is 11.9. The first-order valence-corrected chi connectivity index (χ1v) is 13.6. The van der Waals surface area contributed by atoms with Gasteiger partial charge in [0.1, 0.15) is 10.6 Å². The number of hydrogen-bond acceptors (Lipinski definition) is 7. The Bertz CT molecular complexity index is 1360. The van der Waals surface area contributed by atoms with Gasteiger partial charge in [-0.05, 0) is 84.5 Å². The van der Waals surface area contributed by atoms with Gasteiger partial charge in [-0.3, -0.25) is 4.79 Å². The first-order valence-electron chi connectivity index (χ1n) is 10.3. The van der Waals surface area contributed by atoms with Crippen molar-refractivity contribution in [1.29, 1.82) is 0 Å². The lowest BCUT2D eigenvalue weighted by Gasteiger charge is -2.14. The van der Waals surface area contributed by atoms with Gasteiger partial charge >= 0.3 is 10.1 Å². The monoisotopic (exact) mass is 672 g/mol. The fraction of sp³-hybridized carbons (Fsp3) is 0.167. The number of ether oxygens (including phenoxy) is 2. The number of hydrazone groups is 1. The summed E-state index contributed by atoms with van der Waals surface area (Å²) in [5.41, 5.74) is 4.27. The number of carbonyl (C=O) groups excluding carboxylic acids is 1. The molecule has 1 amide bonds. The molecule has 8 nitrogen and oxygen atoms in total. The molecule has 0 atom stereocenters. The number of amides is 1. The molecule has 35 heavy (non-hydrogen) atoms. The van der Waals surface area contributed by atoms with Gasteiger partial charge in [0.05, 0.1) is 29.1 Å². The number of carbonyl (C=O) groups is 1. The highest BCUT2D eigenvalue weighted by Crippen LogP contribution is 2.36. The van der Waals surface area contributed by atoms with Crippen LogP contribution in [0.2, 0.25) is 0 Å². The fourth-order valence-electron chi connectivity index (χ4n) is 2.95. The lowest BCUT2D eigenvalue weighted by Crippen LogP contribution is -2.18. The van der Waals surface area contributed by atoms with Gasteiger partial charge in [-0.25, -0.2) is 5.43 Å². The summed E-state index contributed by atoms with van der Waals surface area (Å²) in [6, 6.07) is 14.7. The third-order valence-corrected chi connectivity index (χ3v) is 7.15. The van der Waals surface area contributed by atoms with Crippen molar-refractivity contribution in [3.63, 3.8) is 0 Å². The molecule has 3 aromatic carbocycles. The van der Waals surface area contributed by atoms with Crippen molar-refractivity contribution in [3.05, 3.63) is 79.3 Å². The van der Waals surface area contributed by atoms with Gasteiger partial charge < -0.3 is 13.7 Å².